The minimum atomic E-state index is -0.256. The van der Waals surface area contributed by atoms with Crippen molar-refractivity contribution in [3.8, 4) is 5.75 Å². The van der Waals surface area contributed by atoms with E-state index in [0.29, 0.717) is 5.75 Å². The number of ether oxygens (including phenoxy) is 1. The van der Waals surface area contributed by atoms with Gasteiger partial charge in [-0.1, -0.05) is 12.1 Å². The van der Waals surface area contributed by atoms with Crippen LogP contribution in [-0.2, 0) is 7.05 Å². The van der Waals surface area contributed by atoms with Gasteiger partial charge in [-0.25, -0.2) is 4.39 Å². The van der Waals surface area contributed by atoms with E-state index in [2.05, 4.69) is 10.4 Å². The smallest absolute Gasteiger partial charge is 0.161 e. The lowest BCUT2D eigenvalue weighted by molar-refractivity contribution is 0.402. The number of benzene rings is 1. The zero-order valence-electron chi connectivity index (χ0n) is 10.6. The molecule has 96 valence electrons. The van der Waals surface area contributed by atoms with Gasteiger partial charge in [0, 0.05) is 7.05 Å². The molecule has 2 rings (SSSR count). The summed E-state index contributed by atoms with van der Waals surface area (Å²) in [5.41, 5.74) is 1.70. The van der Waals surface area contributed by atoms with Crippen LogP contribution < -0.4 is 10.1 Å². The maximum absolute atomic E-state index is 13.3. The van der Waals surface area contributed by atoms with Crippen molar-refractivity contribution in [2.75, 3.05) is 14.2 Å². The number of methoxy groups -OCH3 is 1. The number of hydrogen-bond donors (Lipinski definition) is 1. The number of hydrogen-bond acceptors (Lipinski definition) is 3. The number of aromatic nitrogens is 2. The van der Waals surface area contributed by atoms with Gasteiger partial charge in [0.15, 0.2) is 5.75 Å². The molecule has 2 aromatic rings. The van der Waals surface area contributed by atoms with E-state index in [1.165, 1.54) is 12.1 Å². The quantitative estimate of drug-likeness (QED) is 0.899. The van der Waals surface area contributed by atoms with Gasteiger partial charge in [-0.15, -0.1) is 0 Å². The highest BCUT2D eigenvalue weighted by Crippen LogP contribution is 2.29. The molecule has 0 fully saturated rings. The van der Waals surface area contributed by atoms with Crippen LogP contribution in [0.25, 0.3) is 0 Å². The average Bonchev–Trinajstić information content (AvgIpc) is 2.72. The van der Waals surface area contributed by atoms with Crippen LogP contribution in [-0.4, -0.2) is 23.9 Å². The van der Waals surface area contributed by atoms with E-state index >= 15 is 0 Å². The highest BCUT2D eigenvalue weighted by Gasteiger charge is 2.21. The molecule has 1 N–H and O–H groups in total. The molecule has 4 nitrogen and oxygen atoms in total. The molecule has 0 aliphatic carbocycles. The standard InChI is InChI=1S/C13H16FN3O/c1-15-12(9-5-4-6-10(14)7-9)13-11(18-3)8-16-17(13)2/h4-8,12,15H,1-3H3. The summed E-state index contributed by atoms with van der Waals surface area (Å²) in [6.07, 6.45) is 1.65. The van der Waals surface area contributed by atoms with E-state index in [-0.39, 0.29) is 11.9 Å². The second kappa shape index (κ2) is 5.18. The zero-order valence-corrected chi connectivity index (χ0v) is 10.6. The maximum atomic E-state index is 13.3. The molecule has 0 radical (unpaired) electrons. The van der Waals surface area contributed by atoms with Gasteiger partial charge in [0.05, 0.1) is 19.3 Å². The summed E-state index contributed by atoms with van der Waals surface area (Å²) in [6.45, 7) is 0. The Bertz CT molecular complexity index is 539. The van der Waals surface area contributed by atoms with E-state index in [0.717, 1.165) is 11.3 Å². The molecule has 0 aliphatic rings. The van der Waals surface area contributed by atoms with Crippen molar-refractivity contribution in [2.24, 2.45) is 7.05 Å². The van der Waals surface area contributed by atoms with Crippen molar-refractivity contribution in [3.63, 3.8) is 0 Å². The lowest BCUT2D eigenvalue weighted by Gasteiger charge is -2.18. The number of rotatable bonds is 4. The van der Waals surface area contributed by atoms with Gasteiger partial charge in [-0.05, 0) is 24.7 Å². The minimum Gasteiger partial charge on any atom is -0.493 e. The van der Waals surface area contributed by atoms with Crippen molar-refractivity contribution in [1.29, 1.82) is 0 Å². The minimum absolute atomic E-state index is 0.164. The SMILES string of the molecule is CNC(c1cccc(F)c1)c1c(OC)cnn1C. The van der Waals surface area contributed by atoms with Gasteiger partial charge >= 0.3 is 0 Å². The molecule has 1 aromatic carbocycles. The lowest BCUT2D eigenvalue weighted by Crippen LogP contribution is -2.21. The molecule has 1 atom stereocenters. The van der Waals surface area contributed by atoms with Crippen LogP contribution in [0, 0.1) is 5.82 Å². The second-order valence-electron chi connectivity index (χ2n) is 4.00. The van der Waals surface area contributed by atoms with E-state index in [1.807, 2.05) is 20.2 Å². The van der Waals surface area contributed by atoms with Gasteiger partial charge in [0.25, 0.3) is 0 Å². The molecular formula is C13H16FN3O. The van der Waals surface area contributed by atoms with Crippen molar-refractivity contribution in [3.05, 3.63) is 47.5 Å². The van der Waals surface area contributed by atoms with Gasteiger partial charge in [-0.3, -0.25) is 4.68 Å². The third kappa shape index (κ3) is 2.22. The predicted molar refractivity (Wildman–Crippen MR) is 67.1 cm³/mol. The molecular weight excluding hydrogens is 233 g/mol. The van der Waals surface area contributed by atoms with Crippen LogP contribution in [0.15, 0.2) is 30.5 Å². The fourth-order valence-corrected chi connectivity index (χ4v) is 2.06. The summed E-state index contributed by atoms with van der Waals surface area (Å²) in [5, 5.41) is 7.32. The topological polar surface area (TPSA) is 39.1 Å². The number of aryl methyl sites for hydroxylation is 1. The first-order valence-corrected chi connectivity index (χ1v) is 5.66. The Morgan fingerprint density at radius 1 is 1.44 bits per heavy atom. The van der Waals surface area contributed by atoms with E-state index in [1.54, 1.807) is 24.1 Å². The normalized spacial score (nSPS) is 12.4. The van der Waals surface area contributed by atoms with Crippen LogP contribution in [0.2, 0.25) is 0 Å². The van der Waals surface area contributed by atoms with E-state index in [9.17, 15) is 4.39 Å². The Hall–Kier alpha value is -1.88. The molecule has 0 spiro atoms. The largest absolute Gasteiger partial charge is 0.493 e. The fourth-order valence-electron chi connectivity index (χ4n) is 2.06. The third-order valence-electron chi connectivity index (χ3n) is 2.91. The number of halogens is 1. The second-order valence-corrected chi connectivity index (χ2v) is 4.00. The molecule has 0 amide bonds. The summed E-state index contributed by atoms with van der Waals surface area (Å²) in [5.74, 6) is 0.426. The summed E-state index contributed by atoms with van der Waals surface area (Å²) >= 11 is 0. The zero-order chi connectivity index (χ0) is 13.1. The first-order chi connectivity index (χ1) is 8.67. The monoisotopic (exact) mass is 249 g/mol. The molecule has 0 bridgehead atoms. The van der Waals surface area contributed by atoms with Gasteiger partial charge in [0.1, 0.15) is 11.5 Å². The molecule has 1 unspecified atom stereocenters. The first kappa shape index (κ1) is 12.6. The molecule has 1 aromatic heterocycles. The van der Waals surface area contributed by atoms with Crippen molar-refractivity contribution in [1.82, 2.24) is 15.1 Å². The Morgan fingerprint density at radius 2 is 2.22 bits per heavy atom. The van der Waals surface area contributed by atoms with Crippen molar-refractivity contribution >= 4 is 0 Å². The predicted octanol–water partition coefficient (Wildman–Crippen LogP) is 1.88. The fraction of sp³-hybridized carbons (Fsp3) is 0.308. The maximum Gasteiger partial charge on any atom is 0.161 e. The number of nitrogens with zero attached hydrogens (tertiary/aromatic N) is 2. The van der Waals surface area contributed by atoms with Gasteiger partial charge < -0.3 is 10.1 Å². The Morgan fingerprint density at radius 3 is 2.83 bits per heavy atom. The van der Waals surface area contributed by atoms with Crippen LogP contribution in [0.1, 0.15) is 17.3 Å². The summed E-state index contributed by atoms with van der Waals surface area (Å²) in [4.78, 5) is 0. The molecule has 0 saturated heterocycles. The van der Waals surface area contributed by atoms with E-state index in [4.69, 9.17) is 4.74 Å². The molecule has 0 saturated carbocycles. The lowest BCUT2D eigenvalue weighted by atomic mass is 10.0. The summed E-state index contributed by atoms with van der Waals surface area (Å²) < 4.78 is 20.3. The highest BCUT2D eigenvalue weighted by atomic mass is 19.1. The molecule has 18 heavy (non-hydrogen) atoms. The molecule has 0 aliphatic heterocycles. The van der Waals surface area contributed by atoms with Crippen molar-refractivity contribution in [2.45, 2.75) is 6.04 Å². The summed E-state index contributed by atoms with van der Waals surface area (Å²) in [6, 6.07) is 6.34. The Labute approximate surface area is 105 Å². The van der Waals surface area contributed by atoms with Crippen LogP contribution >= 0.6 is 0 Å². The third-order valence-corrected chi connectivity index (χ3v) is 2.91. The Balaban J connectivity index is 2.48. The van der Waals surface area contributed by atoms with Crippen LogP contribution in [0.4, 0.5) is 4.39 Å². The van der Waals surface area contributed by atoms with Gasteiger partial charge in [0.2, 0.25) is 0 Å². The average molecular weight is 249 g/mol. The Kier molecular flexibility index (Phi) is 3.62. The molecule has 1 heterocycles. The van der Waals surface area contributed by atoms with Gasteiger partial charge in [-0.2, -0.15) is 5.10 Å². The number of nitrogens with one attached hydrogen (secondary N) is 1. The first-order valence-electron chi connectivity index (χ1n) is 5.66. The van der Waals surface area contributed by atoms with Crippen LogP contribution in [0.5, 0.6) is 5.75 Å². The molecule has 5 heteroatoms. The van der Waals surface area contributed by atoms with Crippen LogP contribution in [0.3, 0.4) is 0 Å². The van der Waals surface area contributed by atoms with Crippen molar-refractivity contribution < 1.29 is 9.13 Å². The summed E-state index contributed by atoms with van der Waals surface area (Å²) in [7, 11) is 5.25. The van der Waals surface area contributed by atoms with E-state index < -0.39 is 0 Å². The highest BCUT2D eigenvalue weighted by molar-refractivity contribution is 5.36.